The fourth-order valence-corrected chi connectivity index (χ4v) is 3.22. The molecule has 2 aromatic carbocycles. The summed E-state index contributed by atoms with van der Waals surface area (Å²) in [4.78, 5) is 24.5. The zero-order valence-electron chi connectivity index (χ0n) is 16.4. The van der Waals surface area contributed by atoms with Crippen molar-refractivity contribution in [2.24, 2.45) is 0 Å². The van der Waals surface area contributed by atoms with Crippen molar-refractivity contribution in [3.05, 3.63) is 59.7 Å². The van der Waals surface area contributed by atoms with Crippen molar-refractivity contribution in [1.82, 2.24) is 0 Å². The molecule has 5 nitrogen and oxygen atoms in total. The minimum absolute atomic E-state index is 0.0140. The number of ether oxygens (including phenoxy) is 2. The van der Waals surface area contributed by atoms with Crippen LogP contribution < -0.4 is 10.1 Å². The maximum atomic E-state index is 12.3. The number of esters is 1. The summed E-state index contributed by atoms with van der Waals surface area (Å²) in [5.41, 5.74) is 2.40. The van der Waals surface area contributed by atoms with Gasteiger partial charge in [-0.15, -0.1) is 0 Å². The van der Waals surface area contributed by atoms with Crippen LogP contribution in [0, 0.1) is 6.92 Å². The first kappa shape index (κ1) is 19.9. The second kappa shape index (κ2) is 9.40. The molecule has 0 radical (unpaired) electrons. The summed E-state index contributed by atoms with van der Waals surface area (Å²) in [6.45, 7) is 3.68. The molecule has 0 bridgehead atoms. The molecule has 1 aliphatic carbocycles. The predicted octanol–water partition coefficient (Wildman–Crippen LogP) is 4.89. The molecule has 1 amide bonds. The van der Waals surface area contributed by atoms with E-state index in [9.17, 15) is 9.59 Å². The molecule has 3 rings (SSSR count). The first-order valence-electron chi connectivity index (χ1n) is 9.86. The first-order chi connectivity index (χ1) is 13.5. The molecule has 1 aliphatic rings. The normalized spacial score (nSPS) is 15.5. The van der Waals surface area contributed by atoms with Crippen molar-refractivity contribution in [2.45, 2.75) is 58.2 Å². The van der Waals surface area contributed by atoms with Crippen LogP contribution >= 0.6 is 0 Å². The van der Waals surface area contributed by atoms with Crippen LogP contribution in [0.4, 0.5) is 5.69 Å². The van der Waals surface area contributed by atoms with Crippen LogP contribution in [0.25, 0.3) is 0 Å². The van der Waals surface area contributed by atoms with Crippen molar-refractivity contribution < 1.29 is 19.1 Å². The fourth-order valence-electron chi connectivity index (χ4n) is 3.22. The van der Waals surface area contributed by atoms with E-state index in [0.29, 0.717) is 11.3 Å². The van der Waals surface area contributed by atoms with E-state index >= 15 is 0 Å². The Kier molecular flexibility index (Phi) is 6.69. The molecule has 2 aromatic rings. The van der Waals surface area contributed by atoms with Gasteiger partial charge in [0.25, 0.3) is 5.91 Å². The quantitative estimate of drug-likeness (QED) is 0.724. The molecule has 0 saturated heterocycles. The van der Waals surface area contributed by atoms with E-state index in [1.165, 1.54) is 6.42 Å². The van der Waals surface area contributed by atoms with Gasteiger partial charge in [0, 0.05) is 11.3 Å². The van der Waals surface area contributed by atoms with E-state index in [-0.39, 0.29) is 18.0 Å². The van der Waals surface area contributed by atoms with Gasteiger partial charge in [-0.2, -0.15) is 0 Å². The van der Waals surface area contributed by atoms with Gasteiger partial charge in [-0.1, -0.05) is 24.1 Å². The van der Waals surface area contributed by atoms with Crippen LogP contribution in [0.2, 0.25) is 0 Å². The van der Waals surface area contributed by atoms with Gasteiger partial charge in [0.2, 0.25) is 0 Å². The van der Waals surface area contributed by atoms with Crippen LogP contribution in [-0.4, -0.2) is 24.1 Å². The van der Waals surface area contributed by atoms with Crippen molar-refractivity contribution in [1.29, 1.82) is 0 Å². The number of anilines is 1. The van der Waals surface area contributed by atoms with Crippen molar-refractivity contribution in [3.8, 4) is 5.75 Å². The second-order valence-electron chi connectivity index (χ2n) is 7.30. The third-order valence-electron chi connectivity index (χ3n) is 4.91. The molecule has 1 N–H and O–H groups in total. The standard InChI is InChI=1S/C23H27NO4/c1-16-8-12-19(13-9-16)24-22(25)18-10-14-21(15-11-18)27-17(2)23(26)28-20-6-4-3-5-7-20/h8-15,17,20H,3-7H2,1-2H3,(H,24,25)/t17-/m1/s1. The van der Waals surface area contributed by atoms with Crippen LogP contribution in [0.15, 0.2) is 48.5 Å². The van der Waals surface area contributed by atoms with E-state index < -0.39 is 6.10 Å². The van der Waals surface area contributed by atoms with Crippen molar-refractivity contribution >= 4 is 17.6 Å². The van der Waals surface area contributed by atoms with Gasteiger partial charge in [0.1, 0.15) is 11.9 Å². The Morgan fingerprint density at radius 1 is 0.964 bits per heavy atom. The van der Waals surface area contributed by atoms with E-state index in [0.717, 1.165) is 36.9 Å². The number of hydrogen-bond donors (Lipinski definition) is 1. The van der Waals surface area contributed by atoms with Gasteiger partial charge < -0.3 is 14.8 Å². The molecule has 1 atom stereocenters. The molecular weight excluding hydrogens is 354 g/mol. The average Bonchev–Trinajstić information content (AvgIpc) is 2.71. The maximum absolute atomic E-state index is 12.3. The lowest BCUT2D eigenvalue weighted by molar-refractivity contribution is -0.158. The number of hydrogen-bond acceptors (Lipinski definition) is 4. The van der Waals surface area contributed by atoms with Gasteiger partial charge in [-0.25, -0.2) is 4.79 Å². The van der Waals surface area contributed by atoms with E-state index in [4.69, 9.17) is 9.47 Å². The summed E-state index contributed by atoms with van der Waals surface area (Å²) in [6.07, 6.45) is 4.63. The fraction of sp³-hybridized carbons (Fsp3) is 0.391. The Morgan fingerprint density at radius 3 is 2.25 bits per heavy atom. The Balaban J connectivity index is 1.52. The zero-order chi connectivity index (χ0) is 19.9. The van der Waals surface area contributed by atoms with E-state index in [1.54, 1.807) is 31.2 Å². The topological polar surface area (TPSA) is 64.6 Å². The summed E-state index contributed by atoms with van der Waals surface area (Å²) in [5, 5.41) is 2.86. The molecule has 0 aromatic heterocycles. The Labute approximate surface area is 166 Å². The highest BCUT2D eigenvalue weighted by Crippen LogP contribution is 2.22. The number of nitrogens with one attached hydrogen (secondary N) is 1. The van der Waals surface area contributed by atoms with Crippen LogP contribution in [0.3, 0.4) is 0 Å². The summed E-state index contributed by atoms with van der Waals surface area (Å²) in [5.74, 6) is -0.00627. The van der Waals surface area contributed by atoms with Crippen molar-refractivity contribution in [3.63, 3.8) is 0 Å². The Hall–Kier alpha value is -2.82. The van der Waals surface area contributed by atoms with E-state index in [1.807, 2.05) is 31.2 Å². The third-order valence-corrected chi connectivity index (χ3v) is 4.91. The van der Waals surface area contributed by atoms with Gasteiger partial charge in [-0.05, 0) is 75.9 Å². The SMILES string of the molecule is Cc1ccc(NC(=O)c2ccc(O[C@H](C)C(=O)OC3CCCCC3)cc2)cc1. The molecule has 0 spiro atoms. The predicted molar refractivity (Wildman–Crippen MR) is 109 cm³/mol. The van der Waals surface area contributed by atoms with Gasteiger partial charge in [0.05, 0.1) is 0 Å². The smallest absolute Gasteiger partial charge is 0.347 e. The number of rotatable bonds is 6. The molecule has 0 heterocycles. The third kappa shape index (κ3) is 5.59. The summed E-state index contributed by atoms with van der Waals surface area (Å²) in [7, 11) is 0. The maximum Gasteiger partial charge on any atom is 0.347 e. The van der Waals surface area contributed by atoms with Gasteiger partial charge in [-0.3, -0.25) is 4.79 Å². The van der Waals surface area contributed by atoms with Crippen LogP contribution in [0.5, 0.6) is 5.75 Å². The highest BCUT2D eigenvalue weighted by atomic mass is 16.6. The summed E-state index contributed by atoms with van der Waals surface area (Å²) < 4.78 is 11.2. The number of amides is 1. The van der Waals surface area contributed by atoms with Crippen LogP contribution in [0.1, 0.15) is 54.9 Å². The molecular formula is C23H27NO4. The molecule has 0 unspecified atom stereocenters. The first-order valence-corrected chi connectivity index (χ1v) is 9.86. The lowest BCUT2D eigenvalue weighted by Gasteiger charge is -2.23. The molecule has 148 valence electrons. The minimum atomic E-state index is -0.686. The summed E-state index contributed by atoms with van der Waals surface area (Å²) >= 11 is 0. The Bertz CT molecular complexity index is 792. The highest BCUT2D eigenvalue weighted by molar-refractivity contribution is 6.04. The Morgan fingerprint density at radius 2 is 1.61 bits per heavy atom. The molecule has 0 aliphatic heterocycles. The average molecular weight is 381 g/mol. The van der Waals surface area contributed by atoms with E-state index in [2.05, 4.69) is 5.32 Å². The zero-order valence-corrected chi connectivity index (χ0v) is 16.4. The highest BCUT2D eigenvalue weighted by Gasteiger charge is 2.23. The number of aryl methyl sites for hydroxylation is 1. The van der Waals surface area contributed by atoms with Gasteiger partial charge in [0.15, 0.2) is 6.10 Å². The molecule has 1 saturated carbocycles. The number of carbonyl (C=O) groups is 2. The molecule has 5 heteroatoms. The minimum Gasteiger partial charge on any atom is -0.479 e. The lowest BCUT2D eigenvalue weighted by atomic mass is 9.98. The largest absolute Gasteiger partial charge is 0.479 e. The molecule has 1 fully saturated rings. The monoisotopic (exact) mass is 381 g/mol. The van der Waals surface area contributed by atoms with Crippen LogP contribution in [-0.2, 0) is 9.53 Å². The van der Waals surface area contributed by atoms with Gasteiger partial charge >= 0.3 is 5.97 Å². The lowest BCUT2D eigenvalue weighted by Crippen LogP contribution is -2.31. The molecule has 28 heavy (non-hydrogen) atoms. The number of carbonyl (C=O) groups excluding carboxylic acids is 2. The summed E-state index contributed by atoms with van der Waals surface area (Å²) in [6, 6.07) is 14.4. The second-order valence-corrected chi connectivity index (χ2v) is 7.30. The number of benzene rings is 2. The van der Waals surface area contributed by atoms with Crippen molar-refractivity contribution in [2.75, 3.05) is 5.32 Å².